The number of hydrogen-bond donors (Lipinski definition) is 0. The number of carbonyl (C=O) groups excluding carboxylic acids is 1. The molecule has 0 atom stereocenters. The van der Waals surface area contributed by atoms with Crippen molar-refractivity contribution in [2.24, 2.45) is 0 Å². The van der Waals surface area contributed by atoms with Crippen molar-refractivity contribution in [3.8, 4) is 21.9 Å². The van der Waals surface area contributed by atoms with E-state index in [1.54, 1.807) is 18.4 Å². The average Bonchev–Trinajstić information content (AvgIpc) is 3.53. The number of thiophene rings is 1. The highest BCUT2D eigenvalue weighted by Gasteiger charge is 2.22. The van der Waals surface area contributed by atoms with Gasteiger partial charge in [0.05, 0.1) is 11.6 Å². The summed E-state index contributed by atoms with van der Waals surface area (Å²) < 4.78 is 26.4. The topological polar surface area (TPSA) is 38.8 Å². The van der Waals surface area contributed by atoms with Gasteiger partial charge in [-0.2, -0.15) is 0 Å². The number of carbonyl (C=O) groups is 1. The van der Waals surface area contributed by atoms with E-state index in [0.29, 0.717) is 17.7 Å². The number of nitrogens with zero attached hydrogens (tertiary/aromatic N) is 1. The van der Waals surface area contributed by atoms with Crippen molar-refractivity contribution >= 4 is 43.1 Å². The highest BCUT2D eigenvalue weighted by Crippen LogP contribution is 2.41. The van der Waals surface area contributed by atoms with Crippen LogP contribution in [0.2, 0.25) is 0 Å². The standard InChI is InChI=1S/C28H25BrFNO3S/c1-33-21-9-10-22-25(17-21)35-28(26(22)27(32)19-6-11-24(30)23(29)16-19)18-4-7-20(8-5-18)34-15-14-31-12-2-3-13-31/h4-11,16-17H,2-3,12-15H2,1H3. The van der Waals surface area contributed by atoms with Crippen molar-refractivity contribution in [3.05, 3.63) is 82.1 Å². The first-order chi connectivity index (χ1) is 17.0. The molecule has 1 aliphatic rings. The molecule has 1 saturated heterocycles. The number of benzene rings is 3. The van der Waals surface area contributed by atoms with E-state index in [0.717, 1.165) is 51.7 Å². The predicted molar refractivity (Wildman–Crippen MR) is 143 cm³/mol. The van der Waals surface area contributed by atoms with Gasteiger partial charge < -0.3 is 9.47 Å². The predicted octanol–water partition coefficient (Wildman–Crippen LogP) is 7.18. The maximum Gasteiger partial charge on any atom is 0.195 e. The number of ether oxygens (including phenoxy) is 2. The van der Waals surface area contributed by atoms with Crippen LogP contribution in [0, 0.1) is 5.82 Å². The van der Waals surface area contributed by atoms with Crippen molar-refractivity contribution in [2.75, 3.05) is 33.4 Å². The molecule has 1 aliphatic heterocycles. The number of ketones is 1. The Labute approximate surface area is 216 Å². The third-order valence-electron chi connectivity index (χ3n) is 6.30. The molecule has 0 N–H and O–H groups in total. The number of likely N-dealkylation sites (tertiary alicyclic amines) is 1. The zero-order valence-corrected chi connectivity index (χ0v) is 21.8. The maximum atomic E-state index is 13.8. The summed E-state index contributed by atoms with van der Waals surface area (Å²) in [7, 11) is 1.63. The zero-order valence-electron chi connectivity index (χ0n) is 19.4. The fraction of sp³-hybridized carbons (Fsp3) is 0.250. The van der Waals surface area contributed by atoms with Gasteiger partial charge in [0.15, 0.2) is 5.78 Å². The molecule has 35 heavy (non-hydrogen) atoms. The summed E-state index contributed by atoms with van der Waals surface area (Å²) in [4.78, 5) is 17.0. The second-order valence-corrected chi connectivity index (χ2v) is 10.5. The Morgan fingerprint density at radius 2 is 1.77 bits per heavy atom. The number of methoxy groups -OCH3 is 1. The first kappa shape index (κ1) is 24.0. The molecule has 4 aromatic rings. The van der Waals surface area contributed by atoms with E-state index in [1.807, 2.05) is 42.5 Å². The maximum absolute atomic E-state index is 13.8. The average molecular weight is 554 g/mol. The summed E-state index contributed by atoms with van der Waals surface area (Å²) in [5, 5.41) is 0.849. The Morgan fingerprint density at radius 1 is 1.03 bits per heavy atom. The second kappa shape index (κ2) is 10.5. The van der Waals surface area contributed by atoms with E-state index in [2.05, 4.69) is 20.8 Å². The molecule has 5 rings (SSSR count). The highest BCUT2D eigenvalue weighted by molar-refractivity contribution is 9.10. The van der Waals surface area contributed by atoms with Gasteiger partial charge in [0.1, 0.15) is 23.9 Å². The minimum absolute atomic E-state index is 0.150. The number of hydrogen-bond acceptors (Lipinski definition) is 5. The minimum Gasteiger partial charge on any atom is -0.497 e. The lowest BCUT2D eigenvalue weighted by Gasteiger charge is -2.15. The lowest BCUT2D eigenvalue weighted by Crippen LogP contribution is -2.25. The smallest absolute Gasteiger partial charge is 0.195 e. The molecule has 4 nitrogen and oxygen atoms in total. The molecule has 0 saturated carbocycles. The van der Waals surface area contributed by atoms with Crippen LogP contribution in [-0.2, 0) is 0 Å². The van der Waals surface area contributed by atoms with Crippen LogP contribution >= 0.6 is 27.3 Å². The fourth-order valence-electron chi connectivity index (χ4n) is 4.42. The molecular formula is C28H25BrFNO3S. The lowest BCUT2D eigenvalue weighted by molar-refractivity contribution is 0.104. The molecule has 0 radical (unpaired) electrons. The Morgan fingerprint density at radius 3 is 2.49 bits per heavy atom. The SMILES string of the molecule is COc1ccc2c(C(=O)c3ccc(F)c(Br)c3)c(-c3ccc(OCCN4CCCC4)cc3)sc2c1. The largest absolute Gasteiger partial charge is 0.497 e. The summed E-state index contributed by atoms with van der Waals surface area (Å²) in [6.45, 7) is 3.90. The molecule has 1 aromatic heterocycles. The van der Waals surface area contributed by atoms with Crippen LogP contribution in [0.25, 0.3) is 20.5 Å². The van der Waals surface area contributed by atoms with E-state index >= 15 is 0 Å². The summed E-state index contributed by atoms with van der Waals surface area (Å²) in [6, 6.07) is 18.0. The van der Waals surface area contributed by atoms with Gasteiger partial charge in [0.25, 0.3) is 0 Å². The minimum atomic E-state index is -0.401. The molecule has 0 bridgehead atoms. The van der Waals surface area contributed by atoms with Crippen molar-refractivity contribution in [1.82, 2.24) is 4.90 Å². The Balaban J connectivity index is 1.47. The van der Waals surface area contributed by atoms with Crippen LogP contribution in [0.3, 0.4) is 0 Å². The third kappa shape index (κ3) is 5.13. The van der Waals surface area contributed by atoms with Crippen LogP contribution < -0.4 is 9.47 Å². The van der Waals surface area contributed by atoms with Crippen LogP contribution in [0.15, 0.2) is 65.1 Å². The van der Waals surface area contributed by atoms with Crippen molar-refractivity contribution in [3.63, 3.8) is 0 Å². The zero-order chi connectivity index (χ0) is 24.4. The molecule has 180 valence electrons. The van der Waals surface area contributed by atoms with Crippen LogP contribution in [-0.4, -0.2) is 44.0 Å². The van der Waals surface area contributed by atoms with Gasteiger partial charge in [-0.05, 0) is 108 Å². The van der Waals surface area contributed by atoms with Crippen molar-refractivity contribution in [1.29, 1.82) is 0 Å². The second-order valence-electron chi connectivity index (χ2n) is 8.55. The molecule has 0 aliphatic carbocycles. The molecule has 2 heterocycles. The molecule has 7 heteroatoms. The van der Waals surface area contributed by atoms with Gasteiger partial charge in [-0.25, -0.2) is 4.39 Å². The Hall–Kier alpha value is -2.74. The molecular weight excluding hydrogens is 529 g/mol. The number of halogens is 2. The van der Waals surface area contributed by atoms with Crippen LogP contribution in [0.5, 0.6) is 11.5 Å². The first-order valence-electron chi connectivity index (χ1n) is 11.6. The van der Waals surface area contributed by atoms with E-state index < -0.39 is 5.82 Å². The summed E-state index contributed by atoms with van der Waals surface area (Å²) >= 11 is 4.74. The normalized spacial score (nSPS) is 13.9. The monoisotopic (exact) mass is 553 g/mol. The van der Waals surface area contributed by atoms with Crippen LogP contribution in [0.1, 0.15) is 28.8 Å². The molecule has 0 spiro atoms. The highest BCUT2D eigenvalue weighted by atomic mass is 79.9. The third-order valence-corrected chi connectivity index (χ3v) is 8.11. The molecule has 0 amide bonds. The van der Waals surface area contributed by atoms with Gasteiger partial charge >= 0.3 is 0 Å². The quantitative estimate of drug-likeness (QED) is 0.216. The van der Waals surface area contributed by atoms with Gasteiger partial charge in [-0.3, -0.25) is 9.69 Å². The van der Waals surface area contributed by atoms with Crippen molar-refractivity contribution < 1.29 is 18.7 Å². The lowest BCUT2D eigenvalue weighted by atomic mass is 9.97. The Kier molecular flexibility index (Phi) is 7.18. The number of fused-ring (bicyclic) bond motifs is 1. The van der Waals surface area contributed by atoms with Gasteiger partial charge in [0, 0.05) is 32.6 Å². The van der Waals surface area contributed by atoms with Crippen LogP contribution in [0.4, 0.5) is 4.39 Å². The Bertz CT molecular complexity index is 1360. The van der Waals surface area contributed by atoms with E-state index in [4.69, 9.17) is 9.47 Å². The molecule has 0 unspecified atom stereocenters. The molecule has 1 fully saturated rings. The summed E-state index contributed by atoms with van der Waals surface area (Å²) in [6.07, 6.45) is 2.54. The fourth-order valence-corrected chi connectivity index (χ4v) is 6.03. The van der Waals surface area contributed by atoms with E-state index in [1.165, 1.54) is 31.0 Å². The summed E-state index contributed by atoms with van der Waals surface area (Å²) in [5.74, 6) is 0.992. The van der Waals surface area contributed by atoms with Gasteiger partial charge in [0.2, 0.25) is 0 Å². The van der Waals surface area contributed by atoms with E-state index in [-0.39, 0.29) is 10.3 Å². The van der Waals surface area contributed by atoms with Crippen molar-refractivity contribution in [2.45, 2.75) is 12.8 Å². The van der Waals surface area contributed by atoms with Gasteiger partial charge in [-0.15, -0.1) is 11.3 Å². The number of rotatable bonds is 8. The first-order valence-corrected chi connectivity index (χ1v) is 13.2. The molecule has 3 aromatic carbocycles. The summed E-state index contributed by atoms with van der Waals surface area (Å²) in [5.41, 5.74) is 1.97. The van der Waals surface area contributed by atoms with Gasteiger partial charge in [-0.1, -0.05) is 0 Å². The van der Waals surface area contributed by atoms with E-state index in [9.17, 15) is 9.18 Å².